The predicted octanol–water partition coefficient (Wildman–Crippen LogP) is 3.12. The Kier molecular flexibility index (Phi) is 6.48. The molecular formula is C22H28N2O3. The number of ether oxygens (including phenoxy) is 2. The van der Waals surface area contributed by atoms with Crippen molar-refractivity contribution in [1.29, 1.82) is 0 Å². The summed E-state index contributed by atoms with van der Waals surface area (Å²) in [5.74, 6) is 0.415. The van der Waals surface area contributed by atoms with Crippen LogP contribution in [-0.4, -0.2) is 25.2 Å². The van der Waals surface area contributed by atoms with Gasteiger partial charge in [-0.1, -0.05) is 49.4 Å². The van der Waals surface area contributed by atoms with E-state index < -0.39 is 0 Å². The van der Waals surface area contributed by atoms with Crippen molar-refractivity contribution < 1.29 is 14.3 Å². The van der Waals surface area contributed by atoms with Crippen molar-refractivity contribution >= 4 is 5.91 Å². The summed E-state index contributed by atoms with van der Waals surface area (Å²) in [6, 6.07) is 15.4. The average molecular weight is 368 g/mol. The fourth-order valence-corrected chi connectivity index (χ4v) is 3.17. The molecule has 144 valence electrons. The lowest BCUT2D eigenvalue weighted by Gasteiger charge is -2.21. The van der Waals surface area contributed by atoms with Gasteiger partial charge >= 0.3 is 0 Å². The maximum absolute atomic E-state index is 12.6. The number of nitrogens with one attached hydrogen (secondary N) is 1. The molecule has 1 heterocycles. The third-order valence-electron chi connectivity index (χ3n) is 4.99. The Morgan fingerprint density at radius 3 is 2.78 bits per heavy atom. The van der Waals surface area contributed by atoms with Crippen LogP contribution in [0.4, 0.5) is 0 Å². The third-order valence-corrected chi connectivity index (χ3v) is 4.99. The molecule has 0 spiro atoms. The number of benzene rings is 2. The van der Waals surface area contributed by atoms with Crippen molar-refractivity contribution in [3.63, 3.8) is 0 Å². The van der Waals surface area contributed by atoms with Crippen LogP contribution in [0.2, 0.25) is 0 Å². The number of amides is 1. The van der Waals surface area contributed by atoms with Crippen LogP contribution in [-0.2, 0) is 16.1 Å². The lowest BCUT2D eigenvalue weighted by molar-refractivity contribution is -0.125. The molecule has 0 saturated carbocycles. The molecule has 1 fully saturated rings. The van der Waals surface area contributed by atoms with E-state index in [0.29, 0.717) is 13.2 Å². The van der Waals surface area contributed by atoms with E-state index in [1.54, 1.807) is 0 Å². The molecular weight excluding hydrogens is 340 g/mol. The maximum Gasteiger partial charge on any atom is 0.225 e. The van der Waals surface area contributed by atoms with Crippen LogP contribution < -0.4 is 15.8 Å². The van der Waals surface area contributed by atoms with Crippen molar-refractivity contribution in [3.8, 4) is 5.75 Å². The van der Waals surface area contributed by atoms with Gasteiger partial charge < -0.3 is 20.5 Å². The zero-order valence-corrected chi connectivity index (χ0v) is 16.0. The molecule has 2 aromatic carbocycles. The van der Waals surface area contributed by atoms with Gasteiger partial charge in [0.2, 0.25) is 5.91 Å². The van der Waals surface area contributed by atoms with Crippen LogP contribution in [0.1, 0.15) is 36.1 Å². The SMILES string of the molecule is Cc1ccc(CNC(=O)C(C)C(N)c2ccccc2)c(OC2CCOC2)c1. The summed E-state index contributed by atoms with van der Waals surface area (Å²) in [6.07, 6.45) is 0.967. The van der Waals surface area contributed by atoms with E-state index in [0.717, 1.165) is 35.5 Å². The first-order valence-electron chi connectivity index (χ1n) is 9.46. The quantitative estimate of drug-likeness (QED) is 0.788. The van der Waals surface area contributed by atoms with E-state index >= 15 is 0 Å². The number of hydrogen-bond acceptors (Lipinski definition) is 4. The highest BCUT2D eigenvalue weighted by molar-refractivity contribution is 5.79. The van der Waals surface area contributed by atoms with Crippen molar-refractivity contribution in [1.82, 2.24) is 5.32 Å². The summed E-state index contributed by atoms with van der Waals surface area (Å²) in [6.45, 7) is 5.64. The van der Waals surface area contributed by atoms with Crippen molar-refractivity contribution in [2.24, 2.45) is 11.7 Å². The Labute approximate surface area is 160 Å². The average Bonchev–Trinajstić information content (AvgIpc) is 3.19. The van der Waals surface area contributed by atoms with Crippen molar-refractivity contribution in [3.05, 3.63) is 65.2 Å². The Morgan fingerprint density at radius 2 is 2.07 bits per heavy atom. The summed E-state index contributed by atoms with van der Waals surface area (Å²) in [5.41, 5.74) is 9.31. The van der Waals surface area contributed by atoms with Crippen molar-refractivity contribution in [2.45, 2.75) is 39.0 Å². The first-order valence-corrected chi connectivity index (χ1v) is 9.46. The molecule has 3 unspecified atom stereocenters. The monoisotopic (exact) mass is 368 g/mol. The molecule has 0 bridgehead atoms. The van der Waals surface area contributed by atoms with Crippen LogP contribution >= 0.6 is 0 Å². The summed E-state index contributed by atoms with van der Waals surface area (Å²) in [5, 5.41) is 3.00. The van der Waals surface area contributed by atoms with E-state index in [-0.39, 0.29) is 24.0 Å². The lowest BCUT2D eigenvalue weighted by Crippen LogP contribution is -2.35. The zero-order valence-electron chi connectivity index (χ0n) is 16.0. The van der Waals surface area contributed by atoms with E-state index in [2.05, 4.69) is 5.32 Å². The van der Waals surface area contributed by atoms with Gasteiger partial charge in [-0.25, -0.2) is 0 Å². The molecule has 1 saturated heterocycles. The van der Waals surface area contributed by atoms with Crippen LogP contribution in [0.3, 0.4) is 0 Å². The molecule has 0 aliphatic carbocycles. The van der Waals surface area contributed by atoms with Crippen LogP contribution in [0, 0.1) is 12.8 Å². The molecule has 5 heteroatoms. The molecule has 2 aromatic rings. The number of nitrogens with two attached hydrogens (primary N) is 1. The molecule has 1 aliphatic rings. The van der Waals surface area contributed by atoms with Crippen LogP contribution in [0.15, 0.2) is 48.5 Å². The number of rotatable bonds is 7. The summed E-state index contributed by atoms with van der Waals surface area (Å²) in [7, 11) is 0. The van der Waals surface area contributed by atoms with Gasteiger partial charge in [-0.2, -0.15) is 0 Å². The second-order valence-electron chi connectivity index (χ2n) is 7.16. The van der Waals surface area contributed by atoms with Gasteiger partial charge in [0, 0.05) is 24.6 Å². The number of aryl methyl sites for hydroxylation is 1. The number of hydrogen-bond donors (Lipinski definition) is 2. The predicted molar refractivity (Wildman–Crippen MR) is 105 cm³/mol. The van der Waals surface area contributed by atoms with Gasteiger partial charge in [0.25, 0.3) is 0 Å². The highest BCUT2D eigenvalue weighted by Crippen LogP contribution is 2.24. The molecule has 1 amide bonds. The fraction of sp³-hybridized carbons (Fsp3) is 0.409. The van der Waals surface area contributed by atoms with Crippen molar-refractivity contribution in [2.75, 3.05) is 13.2 Å². The molecule has 3 rings (SSSR count). The Morgan fingerprint density at radius 1 is 1.30 bits per heavy atom. The maximum atomic E-state index is 12.6. The van der Waals surface area contributed by atoms with Gasteiger partial charge in [-0.3, -0.25) is 4.79 Å². The molecule has 1 aliphatic heterocycles. The summed E-state index contributed by atoms with van der Waals surface area (Å²) >= 11 is 0. The van der Waals surface area contributed by atoms with Gasteiger partial charge in [0.1, 0.15) is 11.9 Å². The van der Waals surface area contributed by atoms with E-state index in [9.17, 15) is 4.79 Å². The first-order chi connectivity index (χ1) is 13.0. The lowest BCUT2D eigenvalue weighted by atomic mass is 9.94. The normalized spacial score (nSPS) is 18.7. The fourth-order valence-electron chi connectivity index (χ4n) is 3.17. The minimum Gasteiger partial charge on any atom is -0.488 e. The summed E-state index contributed by atoms with van der Waals surface area (Å²) in [4.78, 5) is 12.6. The second kappa shape index (κ2) is 9.02. The van der Waals surface area contributed by atoms with Gasteiger partial charge in [0.15, 0.2) is 0 Å². The molecule has 0 aromatic heterocycles. The molecule has 5 nitrogen and oxygen atoms in total. The molecule has 3 N–H and O–H groups in total. The second-order valence-corrected chi connectivity index (χ2v) is 7.16. The third kappa shape index (κ3) is 5.08. The topological polar surface area (TPSA) is 73.6 Å². The smallest absolute Gasteiger partial charge is 0.225 e. The highest BCUT2D eigenvalue weighted by Gasteiger charge is 2.23. The largest absolute Gasteiger partial charge is 0.488 e. The highest BCUT2D eigenvalue weighted by atomic mass is 16.5. The van der Waals surface area contributed by atoms with Crippen LogP contribution in [0.25, 0.3) is 0 Å². The zero-order chi connectivity index (χ0) is 19.2. The Hall–Kier alpha value is -2.37. The van der Waals surface area contributed by atoms with Gasteiger partial charge in [0.05, 0.1) is 19.1 Å². The number of carbonyl (C=O) groups excluding carboxylic acids is 1. The van der Waals surface area contributed by atoms with E-state index in [4.69, 9.17) is 15.2 Å². The van der Waals surface area contributed by atoms with Gasteiger partial charge in [-0.15, -0.1) is 0 Å². The van der Waals surface area contributed by atoms with Gasteiger partial charge in [-0.05, 0) is 24.1 Å². The van der Waals surface area contributed by atoms with E-state index in [1.165, 1.54) is 0 Å². The standard InChI is InChI=1S/C22H28N2O3/c1-15-8-9-18(20(12-15)27-19-10-11-26-14-19)13-24-22(25)16(2)21(23)17-6-4-3-5-7-17/h3-9,12,16,19,21H,10-11,13-14,23H2,1-2H3,(H,24,25). The van der Waals surface area contributed by atoms with E-state index in [1.807, 2.05) is 62.4 Å². The summed E-state index contributed by atoms with van der Waals surface area (Å²) < 4.78 is 11.5. The van der Waals surface area contributed by atoms with Crippen LogP contribution in [0.5, 0.6) is 5.75 Å². The number of carbonyl (C=O) groups is 1. The Bertz CT molecular complexity index is 757. The Balaban J connectivity index is 1.62. The minimum atomic E-state index is -0.337. The molecule has 3 atom stereocenters. The molecule has 0 radical (unpaired) electrons. The molecule has 27 heavy (non-hydrogen) atoms. The first kappa shape index (κ1) is 19.4. The minimum absolute atomic E-state index is 0.0675.